The molecule has 62 heavy (non-hydrogen) atoms. The Balaban J connectivity index is -0.0000000771. The summed E-state index contributed by atoms with van der Waals surface area (Å²) >= 11 is 0. The molecule has 0 unspecified atom stereocenters. The Bertz CT molecular complexity index is 1000. The first-order chi connectivity index (χ1) is 26.0. The molecular formula is C52H113BF2NO4SW. The summed E-state index contributed by atoms with van der Waals surface area (Å²) in [5.41, 5.74) is 0.875. The third-order valence-electron chi connectivity index (χ3n) is 10.1. The number of halogens is 2. The van der Waals surface area contributed by atoms with Gasteiger partial charge in [0, 0.05) is 20.4 Å². The molecule has 3 radical (unpaired) electrons. The van der Waals surface area contributed by atoms with Gasteiger partial charge in [-0.05, 0) is 121 Å². The van der Waals surface area contributed by atoms with Crippen molar-refractivity contribution in [2.24, 2.45) is 40.4 Å². The number of rotatable bonds is 14. The maximum atomic E-state index is 12.9. The molecule has 0 bridgehead atoms. The largest absolute Gasteiger partial charge is 2.00 e. The zero-order valence-electron chi connectivity index (χ0n) is 46.7. The molecule has 2 aliphatic rings. The molecule has 2 rings (SSSR count). The van der Waals surface area contributed by atoms with Crippen LogP contribution in [0.25, 0.3) is 0 Å². The zero-order valence-corrected chi connectivity index (χ0v) is 50.4. The van der Waals surface area contributed by atoms with Crippen molar-refractivity contribution >= 4 is 18.4 Å². The standard InChI is InChI=1S/C11H22O2.C10H18F2.C8H18.C6H13NO2S.3C5H12.2CH3.B.W/c1-8(2)12-10-6-5-7-11(10)13-9(3)4;1-8(2)6-5-7-10(11,12)9(3)4;1-7(2,3)8(4,5)6;1-5(2)7-10(8,9)6-3-4-6;3*1-4-5(2)3;;;;/h8-11H,5-7H2,1-4H3;5,7-9H,6H2,1-4H3;1-6H3;5-7H,3-4H2,1-2H3;3*5H,4H2,1-3H3;2*1H3;;/q;;;;;;;2*-1;;+2/b;7-5+;;;;;;;;;/t10-,11-;;;;;;;;;;/m1........../s1. The molecule has 10 heteroatoms. The number of nitrogens with one attached hydrogen (secondary N) is 1. The van der Waals surface area contributed by atoms with Gasteiger partial charge in [-0.25, -0.2) is 21.9 Å². The summed E-state index contributed by atoms with van der Waals surface area (Å²) in [5, 5.41) is -0.0881. The fourth-order valence-electron chi connectivity index (χ4n) is 3.40. The van der Waals surface area contributed by atoms with Crippen LogP contribution in [0.15, 0.2) is 12.2 Å². The minimum absolute atomic E-state index is 0. The fraction of sp³-hybridized carbons (Fsp3) is 0.923. The number of alkyl halides is 2. The van der Waals surface area contributed by atoms with E-state index in [2.05, 4.69) is 136 Å². The maximum absolute atomic E-state index is 12.9. The Labute approximate surface area is 408 Å². The second-order valence-electron chi connectivity index (χ2n) is 21.2. The van der Waals surface area contributed by atoms with Gasteiger partial charge in [-0.2, -0.15) is 0 Å². The van der Waals surface area contributed by atoms with Crippen LogP contribution in [0.1, 0.15) is 231 Å². The molecule has 2 fully saturated rings. The van der Waals surface area contributed by atoms with Crippen LogP contribution in [-0.4, -0.2) is 58.5 Å². The Morgan fingerprint density at radius 2 is 0.887 bits per heavy atom. The molecule has 0 heterocycles. The van der Waals surface area contributed by atoms with E-state index in [1.807, 2.05) is 27.7 Å². The minimum Gasteiger partial charge on any atom is -0.373 e. The van der Waals surface area contributed by atoms with Gasteiger partial charge in [0.15, 0.2) is 0 Å². The third-order valence-corrected chi connectivity index (χ3v) is 12.2. The molecule has 0 aromatic rings. The van der Waals surface area contributed by atoms with Gasteiger partial charge in [0.1, 0.15) is 0 Å². The topological polar surface area (TPSA) is 64.6 Å². The molecule has 5 nitrogen and oxygen atoms in total. The number of hydrogen-bond acceptors (Lipinski definition) is 4. The van der Waals surface area contributed by atoms with E-state index >= 15 is 0 Å². The summed E-state index contributed by atoms with van der Waals surface area (Å²) in [6.07, 6.45) is 13.8. The van der Waals surface area contributed by atoms with Gasteiger partial charge in [-0.15, -0.1) is 0 Å². The minimum atomic E-state index is -2.94. The number of allylic oxidation sites excluding steroid dienone is 2. The average molecular weight is 1080 g/mol. The zero-order chi connectivity index (χ0) is 47.3. The van der Waals surface area contributed by atoms with Gasteiger partial charge in [-0.3, -0.25) is 0 Å². The van der Waals surface area contributed by atoms with E-state index in [0.717, 1.165) is 55.9 Å². The molecule has 0 amide bonds. The molecule has 0 aliphatic heterocycles. The van der Waals surface area contributed by atoms with Crippen molar-refractivity contribution in [3.8, 4) is 0 Å². The smallest absolute Gasteiger partial charge is 0.373 e. The maximum Gasteiger partial charge on any atom is 2.00 e. The molecule has 2 atom stereocenters. The summed E-state index contributed by atoms with van der Waals surface area (Å²) in [4.78, 5) is 0. The van der Waals surface area contributed by atoms with Crippen molar-refractivity contribution in [1.82, 2.24) is 4.72 Å². The molecule has 2 saturated carbocycles. The van der Waals surface area contributed by atoms with Crippen LogP contribution in [0.2, 0.25) is 0 Å². The molecule has 0 aromatic heterocycles. The third kappa shape index (κ3) is 58.2. The Hall–Kier alpha value is 0.183. The molecule has 1 N–H and O–H groups in total. The summed E-state index contributed by atoms with van der Waals surface area (Å²) in [6, 6.07) is 0.0330. The van der Waals surface area contributed by atoms with Gasteiger partial charge >= 0.3 is 21.1 Å². The van der Waals surface area contributed by atoms with Gasteiger partial charge < -0.3 is 24.3 Å². The van der Waals surface area contributed by atoms with E-state index in [9.17, 15) is 17.2 Å². The molecule has 0 saturated heterocycles. The quantitative estimate of drug-likeness (QED) is 0.107. The summed E-state index contributed by atoms with van der Waals surface area (Å²) in [6.45, 7) is 52.7. The van der Waals surface area contributed by atoms with Crippen LogP contribution in [0.3, 0.4) is 0 Å². The predicted molar refractivity (Wildman–Crippen MR) is 275 cm³/mol. The van der Waals surface area contributed by atoms with Gasteiger partial charge in [-0.1, -0.05) is 157 Å². The Morgan fingerprint density at radius 3 is 1.06 bits per heavy atom. The number of hydrogen-bond donors (Lipinski definition) is 1. The van der Waals surface area contributed by atoms with E-state index in [-0.39, 0.29) is 55.6 Å². The van der Waals surface area contributed by atoms with Crippen molar-refractivity contribution in [3.05, 3.63) is 27.0 Å². The van der Waals surface area contributed by atoms with E-state index in [1.165, 1.54) is 39.5 Å². The molecule has 0 aromatic carbocycles. The first-order valence-electron chi connectivity index (χ1n) is 23.4. The van der Waals surface area contributed by atoms with Crippen molar-refractivity contribution < 1.29 is 47.7 Å². The molecule has 2 aliphatic carbocycles. The van der Waals surface area contributed by atoms with Crippen molar-refractivity contribution in [2.75, 3.05) is 0 Å². The van der Waals surface area contributed by atoms with Crippen LogP contribution < -0.4 is 4.72 Å². The predicted octanol–water partition coefficient (Wildman–Crippen LogP) is 16.9. The van der Waals surface area contributed by atoms with Crippen molar-refractivity contribution in [2.45, 2.75) is 273 Å². The summed E-state index contributed by atoms with van der Waals surface area (Å²) in [7, 11) is -2.94. The first kappa shape index (κ1) is 82.3. The van der Waals surface area contributed by atoms with Crippen LogP contribution in [0, 0.1) is 55.3 Å². The van der Waals surface area contributed by atoms with E-state index < -0.39 is 21.9 Å². The molecule has 379 valence electrons. The van der Waals surface area contributed by atoms with Crippen LogP contribution in [0.5, 0.6) is 0 Å². The first-order valence-corrected chi connectivity index (χ1v) is 25.0. The fourth-order valence-corrected chi connectivity index (χ4v) is 5.00. The number of sulfonamides is 1. The SMILES string of the molecule is CC(C)(C)C(C)(C)C.CC(C)C/C=C/C(F)(F)C(C)C.CC(C)NS(=O)(=O)C1CC1.CC(C)O[C@@H]1CCC[C@H]1OC(C)C.CCC(C)C.CCC(C)C.CCC(C)C.[B].[CH3-].[CH3-].[W+2]. The normalized spacial score (nSPS) is 16.1. The van der Waals surface area contributed by atoms with Gasteiger partial charge in [0.2, 0.25) is 10.0 Å². The van der Waals surface area contributed by atoms with Crippen molar-refractivity contribution in [1.29, 1.82) is 0 Å². The monoisotopic (exact) mass is 1080 g/mol. The molecular weight excluding hydrogens is 967 g/mol. The van der Waals surface area contributed by atoms with Crippen LogP contribution >= 0.6 is 0 Å². The van der Waals surface area contributed by atoms with Crippen molar-refractivity contribution in [3.63, 3.8) is 0 Å². The molecule has 0 spiro atoms. The van der Waals surface area contributed by atoms with Crippen LogP contribution in [0.4, 0.5) is 8.78 Å². The Morgan fingerprint density at radius 1 is 0.597 bits per heavy atom. The summed E-state index contributed by atoms with van der Waals surface area (Å²) in [5.74, 6) is -0.153. The number of ether oxygens (including phenoxy) is 2. The van der Waals surface area contributed by atoms with Crippen LogP contribution in [-0.2, 0) is 40.6 Å². The van der Waals surface area contributed by atoms with Gasteiger partial charge in [0.25, 0.3) is 5.92 Å². The second-order valence-corrected chi connectivity index (χ2v) is 23.2. The van der Waals surface area contributed by atoms with E-state index in [1.54, 1.807) is 6.08 Å². The van der Waals surface area contributed by atoms with E-state index in [4.69, 9.17) is 9.47 Å². The second kappa shape index (κ2) is 43.7. The Kier molecular flexibility index (Phi) is 58.1. The average Bonchev–Trinajstić information content (AvgIpc) is 3.83. The van der Waals surface area contributed by atoms with Gasteiger partial charge in [0.05, 0.1) is 29.7 Å². The van der Waals surface area contributed by atoms with E-state index in [0.29, 0.717) is 41.2 Å². The summed E-state index contributed by atoms with van der Waals surface area (Å²) < 4.78 is 62.2.